The molecular formula is C14H15BrNO3P. The minimum absolute atomic E-state index is 0.571. The average Bonchev–Trinajstić information content (AvgIpc) is 2.36. The van der Waals surface area contributed by atoms with Crippen LogP contribution in [0.4, 0.5) is 5.69 Å². The van der Waals surface area contributed by atoms with Gasteiger partial charge >= 0.3 is 7.60 Å². The Bertz CT molecular complexity index is 639. The fraction of sp³-hybridized carbons (Fsp3) is 0.143. The molecule has 0 spiro atoms. The SMILES string of the molecule is Cc1cccc([C@H](Nc2ccc(Br)cc2)P(=O)(O)O)c1. The molecule has 0 aliphatic rings. The van der Waals surface area contributed by atoms with Gasteiger partial charge in [-0.05, 0) is 36.8 Å². The van der Waals surface area contributed by atoms with Crippen molar-refractivity contribution in [2.24, 2.45) is 0 Å². The summed E-state index contributed by atoms with van der Waals surface area (Å²) in [6, 6.07) is 14.3. The summed E-state index contributed by atoms with van der Waals surface area (Å²) >= 11 is 3.32. The van der Waals surface area contributed by atoms with Crippen LogP contribution >= 0.6 is 23.5 Å². The molecule has 0 aliphatic carbocycles. The van der Waals surface area contributed by atoms with Crippen LogP contribution in [0.2, 0.25) is 0 Å². The maximum absolute atomic E-state index is 11.7. The Morgan fingerprint density at radius 1 is 1.15 bits per heavy atom. The van der Waals surface area contributed by atoms with E-state index in [1.807, 2.05) is 25.1 Å². The highest BCUT2D eigenvalue weighted by Gasteiger charge is 2.30. The molecule has 2 aromatic carbocycles. The van der Waals surface area contributed by atoms with Crippen LogP contribution in [0.5, 0.6) is 0 Å². The van der Waals surface area contributed by atoms with Crippen LogP contribution in [-0.2, 0) is 4.57 Å². The van der Waals surface area contributed by atoms with Crippen LogP contribution in [0.15, 0.2) is 53.0 Å². The third-order valence-corrected chi connectivity index (χ3v) is 4.47. The lowest BCUT2D eigenvalue weighted by atomic mass is 10.1. The molecule has 0 aromatic heterocycles. The van der Waals surface area contributed by atoms with Gasteiger partial charge in [-0.1, -0.05) is 45.8 Å². The van der Waals surface area contributed by atoms with E-state index in [0.29, 0.717) is 11.3 Å². The molecule has 0 radical (unpaired) electrons. The van der Waals surface area contributed by atoms with E-state index in [-0.39, 0.29) is 0 Å². The zero-order valence-electron chi connectivity index (χ0n) is 10.8. The Morgan fingerprint density at radius 3 is 2.35 bits per heavy atom. The second kappa shape index (κ2) is 6.10. The first kappa shape index (κ1) is 15.3. The van der Waals surface area contributed by atoms with Crippen molar-refractivity contribution in [2.45, 2.75) is 12.7 Å². The Hall–Kier alpha value is -1.13. The summed E-state index contributed by atoms with van der Waals surface area (Å²) in [6.45, 7) is 1.89. The van der Waals surface area contributed by atoms with Gasteiger partial charge in [-0.3, -0.25) is 4.57 Å². The molecule has 106 valence electrons. The molecule has 0 saturated carbocycles. The molecule has 0 heterocycles. The highest BCUT2D eigenvalue weighted by atomic mass is 79.9. The van der Waals surface area contributed by atoms with Crippen LogP contribution in [0.1, 0.15) is 16.9 Å². The van der Waals surface area contributed by atoms with Crippen molar-refractivity contribution in [3.05, 3.63) is 64.1 Å². The minimum atomic E-state index is -4.32. The Morgan fingerprint density at radius 2 is 1.80 bits per heavy atom. The normalized spacial score (nSPS) is 13.0. The third-order valence-electron chi connectivity index (χ3n) is 2.84. The van der Waals surface area contributed by atoms with E-state index in [9.17, 15) is 14.4 Å². The molecular weight excluding hydrogens is 341 g/mol. The summed E-state index contributed by atoms with van der Waals surface area (Å²) in [7, 11) is -4.32. The molecule has 0 bridgehead atoms. The second-order valence-electron chi connectivity index (χ2n) is 4.56. The van der Waals surface area contributed by atoms with Crippen LogP contribution in [0, 0.1) is 6.92 Å². The predicted octanol–water partition coefficient (Wildman–Crippen LogP) is 4.05. The van der Waals surface area contributed by atoms with E-state index in [1.165, 1.54) is 0 Å². The first-order chi connectivity index (χ1) is 9.36. The molecule has 0 fully saturated rings. The number of rotatable bonds is 4. The third kappa shape index (κ3) is 3.93. The van der Waals surface area contributed by atoms with Crippen molar-refractivity contribution < 1.29 is 14.4 Å². The molecule has 4 nitrogen and oxygen atoms in total. The average molecular weight is 356 g/mol. The molecule has 0 aliphatic heterocycles. The van der Waals surface area contributed by atoms with E-state index in [2.05, 4.69) is 21.2 Å². The standard InChI is InChI=1S/C14H15BrNO3P/c1-10-3-2-4-11(9-10)14(20(17,18)19)16-13-7-5-12(15)6-8-13/h2-9,14,16H,1H3,(H2,17,18,19)/t14-/m1/s1. The smallest absolute Gasteiger partial charge is 0.352 e. The number of anilines is 1. The van der Waals surface area contributed by atoms with E-state index < -0.39 is 13.4 Å². The highest BCUT2D eigenvalue weighted by Crippen LogP contribution is 2.51. The topological polar surface area (TPSA) is 69.6 Å². The summed E-state index contributed by atoms with van der Waals surface area (Å²) in [4.78, 5) is 19.2. The molecule has 0 unspecified atom stereocenters. The number of aryl methyl sites for hydroxylation is 1. The van der Waals surface area contributed by atoms with Crippen LogP contribution in [-0.4, -0.2) is 9.79 Å². The van der Waals surface area contributed by atoms with E-state index >= 15 is 0 Å². The summed E-state index contributed by atoms with van der Waals surface area (Å²) in [6.07, 6.45) is 0. The summed E-state index contributed by atoms with van der Waals surface area (Å²) in [5.74, 6) is -1.05. The van der Waals surface area contributed by atoms with Crippen molar-refractivity contribution in [3.63, 3.8) is 0 Å². The maximum Gasteiger partial charge on any atom is 0.352 e. The summed E-state index contributed by atoms with van der Waals surface area (Å²) < 4.78 is 12.6. The van der Waals surface area contributed by atoms with Crippen molar-refractivity contribution in [1.82, 2.24) is 0 Å². The lowest BCUT2D eigenvalue weighted by molar-refractivity contribution is 0.363. The van der Waals surface area contributed by atoms with Crippen molar-refractivity contribution in [1.29, 1.82) is 0 Å². The minimum Gasteiger partial charge on any atom is -0.368 e. The zero-order chi connectivity index (χ0) is 14.8. The fourth-order valence-corrected chi connectivity index (χ4v) is 3.04. The largest absolute Gasteiger partial charge is 0.368 e. The maximum atomic E-state index is 11.7. The number of hydrogen-bond acceptors (Lipinski definition) is 2. The predicted molar refractivity (Wildman–Crippen MR) is 83.7 cm³/mol. The first-order valence-electron chi connectivity index (χ1n) is 6.00. The van der Waals surface area contributed by atoms with E-state index in [0.717, 1.165) is 10.0 Å². The van der Waals surface area contributed by atoms with Gasteiger partial charge in [0.05, 0.1) is 0 Å². The van der Waals surface area contributed by atoms with Gasteiger partial charge < -0.3 is 15.1 Å². The van der Waals surface area contributed by atoms with Gasteiger partial charge in [0, 0.05) is 10.2 Å². The molecule has 3 N–H and O–H groups in total. The van der Waals surface area contributed by atoms with Crippen molar-refractivity contribution >= 4 is 29.2 Å². The van der Waals surface area contributed by atoms with Gasteiger partial charge in [-0.25, -0.2) is 0 Å². The molecule has 0 amide bonds. The van der Waals surface area contributed by atoms with Crippen LogP contribution in [0.3, 0.4) is 0 Å². The molecule has 20 heavy (non-hydrogen) atoms. The molecule has 1 atom stereocenters. The van der Waals surface area contributed by atoms with E-state index in [4.69, 9.17) is 0 Å². The van der Waals surface area contributed by atoms with Crippen molar-refractivity contribution in [2.75, 3.05) is 5.32 Å². The first-order valence-corrected chi connectivity index (χ1v) is 8.47. The lowest BCUT2D eigenvalue weighted by Gasteiger charge is -2.21. The monoisotopic (exact) mass is 355 g/mol. The quantitative estimate of drug-likeness (QED) is 0.723. The number of hydrogen-bond donors (Lipinski definition) is 3. The zero-order valence-corrected chi connectivity index (χ0v) is 13.3. The molecule has 2 aromatic rings. The van der Waals surface area contributed by atoms with Crippen LogP contribution in [0.25, 0.3) is 0 Å². The van der Waals surface area contributed by atoms with Gasteiger partial charge in [0.25, 0.3) is 0 Å². The van der Waals surface area contributed by atoms with Gasteiger partial charge in [0.2, 0.25) is 0 Å². The lowest BCUT2D eigenvalue weighted by Crippen LogP contribution is -2.11. The molecule has 6 heteroatoms. The number of nitrogens with one attached hydrogen (secondary N) is 1. The Labute approximate surface area is 126 Å². The number of halogens is 1. The molecule has 0 saturated heterocycles. The summed E-state index contributed by atoms with van der Waals surface area (Å²) in [5, 5.41) is 2.91. The van der Waals surface area contributed by atoms with Crippen LogP contribution < -0.4 is 5.32 Å². The Balaban J connectivity index is 2.34. The second-order valence-corrected chi connectivity index (χ2v) is 7.17. The van der Waals surface area contributed by atoms with Gasteiger partial charge in [-0.2, -0.15) is 0 Å². The summed E-state index contributed by atoms with van der Waals surface area (Å²) in [5.41, 5.74) is 2.18. The Kier molecular flexibility index (Phi) is 4.66. The van der Waals surface area contributed by atoms with Gasteiger partial charge in [0.15, 0.2) is 5.78 Å². The van der Waals surface area contributed by atoms with Gasteiger partial charge in [-0.15, -0.1) is 0 Å². The van der Waals surface area contributed by atoms with Crippen molar-refractivity contribution in [3.8, 4) is 0 Å². The number of benzene rings is 2. The fourth-order valence-electron chi connectivity index (χ4n) is 1.91. The highest BCUT2D eigenvalue weighted by molar-refractivity contribution is 9.10. The molecule has 2 rings (SSSR count). The van der Waals surface area contributed by atoms with Gasteiger partial charge in [0.1, 0.15) is 0 Å². The van der Waals surface area contributed by atoms with E-state index in [1.54, 1.807) is 30.3 Å².